The van der Waals surface area contributed by atoms with Gasteiger partial charge in [0, 0.05) is 0 Å². The highest BCUT2D eigenvalue weighted by molar-refractivity contribution is 7.89. The summed E-state index contributed by atoms with van der Waals surface area (Å²) in [6.45, 7) is 0. The lowest BCUT2D eigenvalue weighted by molar-refractivity contribution is 0.159. The summed E-state index contributed by atoms with van der Waals surface area (Å²) in [5.74, 6) is 0. The molecule has 6 heteroatoms. The van der Waals surface area contributed by atoms with E-state index in [1.165, 1.54) is 0 Å². The molecular weight excluding hydrogens is 278 g/mol. The lowest BCUT2D eigenvalue weighted by atomic mass is 9.87. The number of epoxide rings is 2. The minimum Gasteiger partial charge on any atom is -0.368 e. The van der Waals surface area contributed by atoms with E-state index >= 15 is 0 Å². The summed E-state index contributed by atoms with van der Waals surface area (Å²) >= 11 is 0. The van der Waals surface area contributed by atoms with Crippen LogP contribution in [-0.2, 0) is 19.5 Å². The van der Waals surface area contributed by atoms with Crippen LogP contribution in [0.2, 0.25) is 0 Å². The Bertz CT molecular complexity index is 637. The Morgan fingerprint density at radius 2 is 1.50 bits per heavy atom. The Balaban J connectivity index is 1.60. The van der Waals surface area contributed by atoms with Gasteiger partial charge in [-0.3, -0.25) is 0 Å². The number of piperidine rings is 2. The minimum atomic E-state index is -3.46. The van der Waals surface area contributed by atoms with Crippen molar-refractivity contribution < 1.29 is 17.9 Å². The number of nitrogens with zero attached hydrogens (tertiary/aromatic N) is 1. The van der Waals surface area contributed by atoms with E-state index in [9.17, 15) is 8.42 Å². The molecule has 5 nitrogen and oxygen atoms in total. The number of ether oxygens (including phenoxy) is 2. The summed E-state index contributed by atoms with van der Waals surface area (Å²) in [6.07, 6.45) is 2.20. The minimum absolute atomic E-state index is 0.0484. The second-order valence-corrected chi connectivity index (χ2v) is 7.88. The molecule has 4 saturated heterocycles. The van der Waals surface area contributed by atoms with Crippen LogP contribution in [0, 0.1) is 0 Å². The van der Waals surface area contributed by atoms with E-state index in [1.54, 1.807) is 28.6 Å². The molecule has 4 aliphatic heterocycles. The Hall–Kier alpha value is -0.950. The van der Waals surface area contributed by atoms with E-state index in [-0.39, 0.29) is 36.5 Å². The van der Waals surface area contributed by atoms with Gasteiger partial charge in [0.15, 0.2) is 0 Å². The fourth-order valence-corrected chi connectivity index (χ4v) is 5.80. The first-order valence-corrected chi connectivity index (χ1v) is 8.50. The summed E-state index contributed by atoms with van der Waals surface area (Å²) in [5.41, 5.74) is 0. The van der Waals surface area contributed by atoms with Crippen LogP contribution in [0.4, 0.5) is 0 Å². The second kappa shape index (κ2) is 3.62. The molecule has 4 fully saturated rings. The molecule has 0 radical (unpaired) electrons. The molecule has 106 valence electrons. The average Bonchev–Trinajstić information content (AvgIpc) is 3.32. The lowest BCUT2D eigenvalue weighted by Gasteiger charge is -2.40. The molecule has 6 atom stereocenters. The smallest absolute Gasteiger partial charge is 0.243 e. The van der Waals surface area contributed by atoms with Crippen LogP contribution < -0.4 is 0 Å². The number of hydrogen-bond acceptors (Lipinski definition) is 4. The van der Waals surface area contributed by atoms with Crippen LogP contribution in [-0.4, -0.2) is 49.2 Å². The number of hydrogen-bond donors (Lipinski definition) is 0. The third kappa shape index (κ3) is 1.45. The summed E-state index contributed by atoms with van der Waals surface area (Å²) in [4.78, 5) is 0.369. The SMILES string of the molecule is O=S(=O)(c1ccccc1)N1C2CC3OC3C1CC1OC12. The molecule has 0 spiro atoms. The van der Waals surface area contributed by atoms with Crippen molar-refractivity contribution in [1.82, 2.24) is 4.31 Å². The summed E-state index contributed by atoms with van der Waals surface area (Å²) in [6, 6.07) is 8.59. The van der Waals surface area contributed by atoms with E-state index in [1.807, 2.05) is 6.07 Å². The van der Waals surface area contributed by atoms with Crippen LogP contribution in [0.5, 0.6) is 0 Å². The van der Waals surface area contributed by atoms with E-state index in [2.05, 4.69) is 0 Å². The van der Waals surface area contributed by atoms with Gasteiger partial charge in [0.2, 0.25) is 10.0 Å². The zero-order chi connectivity index (χ0) is 13.5. The molecule has 0 aliphatic carbocycles. The van der Waals surface area contributed by atoms with Crippen LogP contribution >= 0.6 is 0 Å². The maximum Gasteiger partial charge on any atom is 0.243 e. The monoisotopic (exact) mass is 293 g/mol. The van der Waals surface area contributed by atoms with Gasteiger partial charge in [0.05, 0.1) is 29.2 Å². The van der Waals surface area contributed by atoms with Crippen LogP contribution in [0.1, 0.15) is 12.8 Å². The summed E-state index contributed by atoms with van der Waals surface area (Å²) in [7, 11) is -3.46. The molecule has 0 N–H and O–H groups in total. The largest absolute Gasteiger partial charge is 0.368 e. The van der Waals surface area contributed by atoms with Crippen molar-refractivity contribution in [3.8, 4) is 0 Å². The topological polar surface area (TPSA) is 62.4 Å². The normalized spacial score (nSPS) is 45.4. The molecule has 4 heterocycles. The van der Waals surface area contributed by atoms with Crippen LogP contribution in [0.15, 0.2) is 35.2 Å². The first kappa shape index (κ1) is 11.7. The third-order valence-electron chi connectivity index (χ3n) is 4.92. The van der Waals surface area contributed by atoms with Gasteiger partial charge in [-0.2, -0.15) is 4.31 Å². The molecule has 0 amide bonds. The number of rotatable bonds is 2. The predicted molar refractivity (Wildman–Crippen MR) is 69.6 cm³/mol. The fraction of sp³-hybridized carbons (Fsp3) is 0.571. The zero-order valence-electron chi connectivity index (χ0n) is 10.8. The molecule has 0 aromatic heterocycles. The zero-order valence-corrected chi connectivity index (χ0v) is 11.6. The van der Waals surface area contributed by atoms with Gasteiger partial charge in [-0.25, -0.2) is 8.42 Å². The van der Waals surface area contributed by atoms with Crippen molar-refractivity contribution in [3.05, 3.63) is 30.3 Å². The van der Waals surface area contributed by atoms with Crippen molar-refractivity contribution in [3.63, 3.8) is 0 Å². The summed E-state index contributed by atoms with van der Waals surface area (Å²) < 4.78 is 38.9. The highest BCUT2D eigenvalue weighted by Crippen LogP contribution is 2.52. The quantitative estimate of drug-likeness (QED) is 0.755. The maximum atomic E-state index is 12.9. The van der Waals surface area contributed by atoms with E-state index in [4.69, 9.17) is 9.47 Å². The average molecular weight is 293 g/mol. The number of benzene rings is 1. The van der Waals surface area contributed by atoms with Crippen molar-refractivity contribution in [2.75, 3.05) is 0 Å². The first-order chi connectivity index (χ1) is 9.66. The molecule has 4 aliphatic rings. The second-order valence-electron chi connectivity index (χ2n) is 6.03. The lowest BCUT2D eigenvalue weighted by Crippen LogP contribution is -2.58. The highest BCUT2D eigenvalue weighted by atomic mass is 32.2. The van der Waals surface area contributed by atoms with Crippen molar-refractivity contribution in [1.29, 1.82) is 0 Å². The molecule has 6 unspecified atom stereocenters. The molecule has 1 aromatic carbocycles. The number of fused-ring (bicyclic) bond motifs is 6. The molecule has 5 rings (SSSR count). The Morgan fingerprint density at radius 1 is 0.950 bits per heavy atom. The molecule has 2 bridgehead atoms. The third-order valence-corrected chi connectivity index (χ3v) is 6.89. The van der Waals surface area contributed by atoms with Gasteiger partial charge in [-0.15, -0.1) is 0 Å². The molecule has 20 heavy (non-hydrogen) atoms. The molecule has 1 aromatic rings. The van der Waals surface area contributed by atoms with Gasteiger partial charge in [-0.05, 0) is 25.0 Å². The first-order valence-electron chi connectivity index (χ1n) is 7.06. The van der Waals surface area contributed by atoms with E-state index in [0.717, 1.165) is 12.8 Å². The molecular formula is C14H15NO4S. The van der Waals surface area contributed by atoms with Crippen molar-refractivity contribution in [2.24, 2.45) is 0 Å². The van der Waals surface area contributed by atoms with Gasteiger partial charge >= 0.3 is 0 Å². The van der Waals surface area contributed by atoms with Gasteiger partial charge in [0.1, 0.15) is 12.2 Å². The molecule has 0 saturated carbocycles. The van der Waals surface area contributed by atoms with E-state index < -0.39 is 10.0 Å². The van der Waals surface area contributed by atoms with Crippen molar-refractivity contribution in [2.45, 2.75) is 54.2 Å². The fourth-order valence-electron chi connectivity index (χ4n) is 3.93. The Labute approximate surface area is 117 Å². The Kier molecular flexibility index (Phi) is 2.12. The van der Waals surface area contributed by atoms with Gasteiger partial charge < -0.3 is 9.47 Å². The Morgan fingerprint density at radius 3 is 2.05 bits per heavy atom. The highest BCUT2D eigenvalue weighted by Gasteiger charge is 2.67. The standard InChI is InChI=1S/C14H15NO4S/c16-20(17,8-4-2-1-3-5-8)15-9-6-11-14(18-11)10(15)7-12-13(9)19-12/h1-5,9-14H,6-7H2. The summed E-state index contributed by atoms with van der Waals surface area (Å²) in [5, 5.41) is 0. The van der Waals surface area contributed by atoms with E-state index in [0.29, 0.717) is 4.90 Å². The maximum absolute atomic E-state index is 12.9. The number of sulfonamides is 1. The van der Waals surface area contributed by atoms with Crippen molar-refractivity contribution >= 4 is 10.0 Å². The van der Waals surface area contributed by atoms with Crippen LogP contribution in [0.25, 0.3) is 0 Å². The van der Waals surface area contributed by atoms with Gasteiger partial charge in [0.25, 0.3) is 0 Å². The van der Waals surface area contributed by atoms with Crippen LogP contribution in [0.3, 0.4) is 0 Å². The predicted octanol–water partition coefficient (Wildman–Crippen LogP) is 0.757. The van der Waals surface area contributed by atoms with Gasteiger partial charge in [-0.1, -0.05) is 18.2 Å².